The van der Waals surface area contributed by atoms with E-state index in [1.54, 1.807) is 0 Å². The molecule has 0 amide bonds. The van der Waals surface area contributed by atoms with Crippen LogP contribution in [0.1, 0.15) is 46.4 Å². The molecule has 2 aliphatic rings. The second-order valence-corrected chi connectivity index (χ2v) is 8.74. The van der Waals surface area contributed by atoms with Crippen LogP contribution in [-0.4, -0.2) is 37.6 Å². The number of benzene rings is 2. The van der Waals surface area contributed by atoms with E-state index in [2.05, 4.69) is 42.3 Å². The van der Waals surface area contributed by atoms with Gasteiger partial charge in [0.15, 0.2) is 0 Å². The molecule has 0 bridgehead atoms. The van der Waals surface area contributed by atoms with Crippen LogP contribution in [0.25, 0.3) is 22.6 Å². The maximum absolute atomic E-state index is 12.1. The van der Waals surface area contributed by atoms with Crippen LogP contribution in [0.4, 0.5) is 5.69 Å². The third-order valence-corrected chi connectivity index (χ3v) is 6.43. The number of aromatic nitrogens is 1. The number of piperidine rings is 1. The molecule has 0 aliphatic carbocycles. The van der Waals surface area contributed by atoms with Crippen LogP contribution < -0.4 is 14.9 Å². The minimum absolute atomic E-state index is 0.283. The van der Waals surface area contributed by atoms with E-state index in [1.165, 1.54) is 29.8 Å². The summed E-state index contributed by atoms with van der Waals surface area (Å²) in [6.07, 6.45) is 6.00. The fourth-order valence-corrected chi connectivity index (χ4v) is 4.95. The number of carboxylic acid groups (broad SMARTS) is 1. The summed E-state index contributed by atoms with van der Waals surface area (Å²) >= 11 is 0. The molecule has 5 heteroatoms. The zero-order chi connectivity index (χ0) is 21.4. The molecule has 5 rings (SSSR count). The topological polar surface area (TPSA) is 60.7 Å². The predicted octanol–water partition coefficient (Wildman–Crippen LogP) is 2.16. The van der Waals surface area contributed by atoms with Gasteiger partial charge in [-0.2, -0.15) is 0 Å². The Morgan fingerprint density at radius 3 is 2.52 bits per heavy atom. The number of fused-ring (bicyclic) bond motifs is 2. The van der Waals surface area contributed by atoms with E-state index in [0.29, 0.717) is 17.4 Å². The van der Waals surface area contributed by atoms with E-state index < -0.39 is 5.97 Å². The molecule has 1 aromatic heterocycles. The predicted molar refractivity (Wildman–Crippen MR) is 122 cm³/mol. The fourth-order valence-electron chi connectivity index (χ4n) is 4.95. The van der Waals surface area contributed by atoms with Crippen LogP contribution in [0.3, 0.4) is 0 Å². The number of anilines is 1. The normalized spacial score (nSPS) is 20.1. The minimum atomic E-state index is -1.13. The maximum atomic E-state index is 12.1. The molecule has 1 N–H and O–H groups in total. The van der Waals surface area contributed by atoms with Crippen LogP contribution in [0, 0.1) is 0 Å². The second kappa shape index (κ2) is 8.16. The average molecular weight is 414 g/mol. The number of quaternary nitrogens is 1. The Kier molecular flexibility index (Phi) is 5.20. The first-order valence-corrected chi connectivity index (χ1v) is 11.1. The molecule has 0 spiro atoms. The highest BCUT2D eigenvalue weighted by Gasteiger charge is 2.27. The van der Waals surface area contributed by atoms with Crippen LogP contribution in [0.15, 0.2) is 48.5 Å². The molecule has 1 saturated heterocycles. The lowest BCUT2D eigenvalue weighted by Crippen LogP contribution is -3.08. The van der Waals surface area contributed by atoms with E-state index in [9.17, 15) is 9.90 Å². The summed E-state index contributed by atoms with van der Waals surface area (Å²) < 4.78 is 0. The van der Waals surface area contributed by atoms with Crippen LogP contribution in [-0.2, 0) is 6.54 Å². The Labute approximate surface area is 182 Å². The first kappa shape index (κ1) is 19.8. The van der Waals surface area contributed by atoms with E-state index in [-0.39, 0.29) is 5.56 Å². The van der Waals surface area contributed by atoms with Gasteiger partial charge >= 0.3 is 0 Å². The molecule has 1 fully saturated rings. The Morgan fingerprint density at radius 1 is 1.03 bits per heavy atom. The Balaban J connectivity index is 1.57. The van der Waals surface area contributed by atoms with Crippen LogP contribution in [0.5, 0.6) is 0 Å². The molecule has 0 saturated carbocycles. The molecule has 1 unspecified atom stereocenters. The van der Waals surface area contributed by atoms with E-state index in [0.717, 1.165) is 42.0 Å². The van der Waals surface area contributed by atoms with Gasteiger partial charge in [0.05, 0.1) is 24.2 Å². The Hall–Kier alpha value is -3.18. The standard InChI is InChI=1S/C26H27N3O2/c1-28-16-19(15-18-9-11-20(12-10-18)29-13-5-2-6-14-29)25-22(17-28)24(26(30)31)21-7-3-4-8-23(21)27-25/h3-4,7-12,15H,2,5-6,13-14,16-17H2,1H3,(H,30,31)/b19-15+. The number of para-hydroxylation sites is 1. The first-order chi connectivity index (χ1) is 15.1. The third kappa shape index (κ3) is 3.81. The summed E-state index contributed by atoms with van der Waals surface area (Å²) in [5.41, 5.74) is 6.01. The van der Waals surface area contributed by atoms with Crippen molar-refractivity contribution in [2.75, 3.05) is 31.6 Å². The molecular formula is C26H27N3O2. The van der Waals surface area contributed by atoms with Gasteiger partial charge in [-0.3, -0.25) is 0 Å². The quantitative estimate of drug-likeness (QED) is 0.715. The number of carbonyl (C=O) groups is 1. The highest BCUT2D eigenvalue weighted by Crippen LogP contribution is 2.30. The SMILES string of the molecule is C[NH+]1C/C(=C\c2ccc(N3CCCCC3)cc2)c2nc3ccccc3c(C(=O)[O-])c2C1. The summed E-state index contributed by atoms with van der Waals surface area (Å²) in [6.45, 7) is 3.69. The molecule has 3 aromatic rings. The van der Waals surface area contributed by atoms with Gasteiger partial charge in [0.2, 0.25) is 0 Å². The maximum Gasteiger partial charge on any atom is 0.106 e. The van der Waals surface area contributed by atoms with Crippen LogP contribution >= 0.6 is 0 Å². The molecule has 2 aromatic carbocycles. The number of nitrogens with zero attached hydrogens (tertiary/aromatic N) is 2. The molecule has 0 radical (unpaired) electrons. The monoisotopic (exact) mass is 413 g/mol. The summed E-state index contributed by atoms with van der Waals surface area (Å²) in [7, 11) is 2.09. The van der Waals surface area contributed by atoms with Gasteiger partial charge in [0.1, 0.15) is 13.1 Å². The summed E-state index contributed by atoms with van der Waals surface area (Å²) in [6, 6.07) is 16.1. The number of nitrogens with one attached hydrogen (secondary N) is 1. The highest BCUT2D eigenvalue weighted by atomic mass is 16.4. The molecule has 5 nitrogen and oxygen atoms in total. The highest BCUT2D eigenvalue weighted by molar-refractivity contribution is 6.05. The van der Waals surface area contributed by atoms with Crippen molar-refractivity contribution in [3.8, 4) is 0 Å². The number of aromatic carboxylic acids is 1. The van der Waals surface area contributed by atoms with Gasteiger partial charge in [-0.05, 0) is 49.1 Å². The lowest BCUT2D eigenvalue weighted by atomic mass is 9.92. The molecule has 31 heavy (non-hydrogen) atoms. The number of carboxylic acids is 1. The molecular weight excluding hydrogens is 386 g/mol. The molecule has 158 valence electrons. The number of carbonyl (C=O) groups excluding carboxylic acids is 1. The number of hydrogen-bond donors (Lipinski definition) is 1. The van der Waals surface area contributed by atoms with Gasteiger partial charge in [0.25, 0.3) is 0 Å². The van der Waals surface area contributed by atoms with E-state index in [1.807, 2.05) is 24.3 Å². The molecule has 2 aliphatic heterocycles. The molecule has 3 heterocycles. The zero-order valence-electron chi connectivity index (χ0n) is 17.9. The van der Waals surface area contributed by atoms with Crippen molar-refractivity contribution >= 4 is 34.2 Å². The number of hydrogen-bond acceptors (Lipinski definition) is 4. The smallest absolute Gasteiger partial charge is 0.106 e. The van der Waals surface area contributed by atoms with Crippen molar-refractivity contribution in [1.82, 2.24) is 4.98 Å². The van der Waals surface area contributed by atoms with Gasteiger partial charge in [-0.25, -0.2) is 4.98 Å². The van der Waals surface area contributed by atoms with Crippen molar-refractivity contribution in [2.45, 2.75) is 25.8 Å². The van der Waals surface area contributed by atoms with E-state index in [4.69, 9.17) is 4.98 Å². The largest absolute Gasteiger partial charge is 0.545 e. The lowest BCUT2D eigenvalue weighted by Gasteiger charge is -2.29. The summed E-state index contributed by atoms with van der Waals surface area (Å²) in [5, 5.41) is 12.7. The van der Waals surface area contributed by atoms with Gasteiger partial charge in [-0.1, -0.05) is 30.3 Å². The minimum Gasteiger partial charge on any atom is -0.545 e. The summed E-state index contributed by atoms with van der Waals surface area (Å²) in [4.78, 5) is 20.6. The van der Waals surface area contributed by atoms with Crippen molar-refractivity contribution in [3.05, 3.63) is 70.9 Å². The van der Waals surface area contributed by atoms with Crippen molar-refractivity contribution in [2.24, 2.45) is 0 Å². The zero-order valence-corrected chi connectivity index (χ0v) is 17.9. The fraction of sp³-hybridized carbons (Fsp3) is 0.308. The molecule has 1 atom stereocenters. The van der Waals surface area contributed by atoms with Gasteiger partial charge < -0.3 is 19.7 Å². The average Bonchev–Trinajstić information content (AvgIpc) is 2.78. The van der Waals surface area contributed by atoms with Crippen molar-refractivity contribution in [1.29, 1.82) is 0 Å². The van der Waals surface area contributed by atoms with Crippen molar-refractivity contribution in [3.63, 3.8) is 0 Å². The van der Waals surface area contributed by atoms with E-state index >= 15 is 0 Å². The van der Waals surface area contributed by atoms with Crippen LogP contribution in [0.2, 0.25) is 0 Å². The van der Waals surface area contributed by atoms with Gasteiger partial charge in [-0.15, -0.1) is 0 Å². The summed E-state index contributed by atoms with van der Waals surface area (Å²) in [5.74, 6) is -1.13. The Morgan fingerprint density at radius 2 is 1.77 bits per heavy atom. The van der Waals surface area contributed by atoms with Crippen molar-refractivity contribution < 1.29 is 14.8 Å². The number of likely N-dealkylation sites (N-methyl/N-ethyl adjacent to an activating group) is 1. The second-order valence-electron chi connectivity index (χ2n) is 8.74. The number of pyridine rings is 1. The van der Waals surface area contributed by atoms with Gasteiger partial charge in [0, 0.05) is 40.9 Å². The Bertz CT molecular complexity index is 1160. The first-order valence-electron chi connectivity index (χ1n) is 11.1. The number of rotatable bonds is 3. The lowest BCUT2D eigenvalue weighted by molar-refractivity contribution is -0.887. The third-order valence-electron chi connectivity index (χ3n) is 6.43.